The van der Waals surface area contributed by atoms with Crippen LogP contribution in [0.1, 0.15) is 6.92 Å². The number of nitrogens with zero attached hydrogens (tertiary/aromatic N) is 1. The van der Waals surface area contributed by atoms with Gasteiger partial charge in [0.05, 0.1) is 0 Å². The lowest BCUT2D eigenvalue weighted by Gasteiger charge is -2.05. The van der Waals surface area contributed by atoms with Gasteiger partial charge in [-0.25, -0.2) is 8.42 Å². The minimum absolute atomic E-state index is 0.0365. The summed E-state index contributed by atoms with van der Waals surface area (Å²) < 4.78 is 23.5. The number of amides is 1. The highest BCUT2D eigenvalue weighted by molar-refractivity contribution is 9.10. The number of halogens is 1. The molecule has 0 aromatic carbocycles. The molecule has 1 heterocycles. The van der Waals surface area contributed by atoms with E-state index in [0.29, 0.717) is 4.47 Å². The Kier molecular flexibility index (Phi) is 3.77. The zero-order valence-electron chi connectivity index (χ0n) is 7.69. The van der Waals surface area contributed by atoms with Crippen LogP contribution in [0.4, 0.5) is 0 Å². The summed E-state index contributed by atoms with van der Waals surface area (Å²) >= 11 is 3.09. The van der Waals surface area contributed by atoms with Crippen molar-refractivity contribution < 1.29 is 13.2 Å². The van der Waals surface area contributed by atoms with E-state index in [4.69, 9.17) is 0 Å². The monoisotopic (exact) mass is 293 g/mol. The average Bonchev–Trinajstić information content (AvgIpc) is 2.15. The van der Waals surface area contributed by atoms with Gasteiger partial charge in [0.15, 0.2) is 0 Å². The van der Waals surface area contributed by atoms with Crippen molar-refractivity contribution >= 4 is 31.9 Å². The first-order chi connectivity index (χ1) is 6.92. The number of hydrogen-bond donors (Lipinski definition) is 2. The largest absolute Gasteiger partial charge is 0.278 e. The first kappa shape index (κ1) is 12.1. The number of pyridine rings is 1. The molecular formula is C7H8BrN3O3S. The number of nitrogens with one attached hydrogen (secondary N) is 2. The predicted molar refractivity (Wildman–Crippen MR) is 56.1 cm³/mol. The molecule has 8 heteroatoms. The highest BCUT2D eigenvalue weighted by Gasteiger charge is 2.14. The molecule has 0 radical (unpaired) electrons. The molecule has 6 nitrogen and oxygen atoms in total. The van der Waals surface area contributed by atoms with Crippen LogP contribution in [0, 0.1) is 0 Å². The third kappa shape index (κ3) is 3.57. The molecule has 2 N–H and O–H groups in total. The Labute approximate surface area is 95.2 Å². The zero-order valence-corrected chi connectivity index (χ0v) is 10.1. The van der Waals surface area contributed by atoms with E-state index < -0.39 is 15.9 Å². The lowest BCUT2D eigenvalue weighted by atomic mass is 10.5. The fourth-order valence-corrected chi connectivity index (χ4v) is 2.13. The van der Waals surface area contributed by atoms with Gasteiger partial charge in [0.1, 0.15) is 4.90 Å². The average molecular weight is 294 g/mol. The molecule has 0 atom stereocenters. The van der Waals surface area contributed by atoms with Crippen LogP contribution in [0.5, 0.6) is 0 Å². The molecule has 0 aliphatic carbocycles. The minimum atomic E-state index is -3.75. The Morgan fingerprint density at radius 1 is 1.47 bits per heavy atom. The summed E-state index contributed by atoms with van der Waals surface area (Å²) in [6, 6.07) is 1.37. The van der Waals surface area contributed by atoms with Crippen LogP contribution in [0.2, 0.25) is 0 Å². The summed E-state index contributed by atoms with van der Waals surface area (Å²) in [6.45, 7) is 1.20. The van der Waals surface area contributed by atoms with Gasteiger partial charge < -0.3 is 0 Å². The van der Waals surface area contributed by atoms with E-state index in [0.717, 1.165) is 0 Å². The molecule has 0 bridgehead atoms. The summed E-state index contributed by atoms with van der Waals surface area (Å²) in [5, 5.41) is 0. The number of hydrazine groups is 1. The van der Waals surface area contributed by atoms with Gasteiger partial charge in [-0.3, -0.25) is 15.2 Å². The van der Waals surface area contributed by atoms with Crippen LogP contribution in [0.3, 0.4) is 0 Å². The Morgan fingerprint density at radius 3 is 2.67 bits per heavy atom. The van der Waals surface area contributed by atoms with Crippen molar-refractivity contribution in [2.24, 2.45) is 0 Å². The molecule has 1 aromatic heterocycles. The maximum Gasteiger partial charge on any atom is 0.258 e. The Hall–Kier alpha value is -0.990. The minimum Gasteiger partial charge on any atom is -0.278 e. The number of carbonyl (C=O) groups is 1. The lowest BCUT2D eigenvalue weighted by Crippen LogP contribution is -2.40. The highest BCUT2D eigenvalue weighted by Crippen LogP contribution is 2.13. The van der Waals surface area contributed by atoms with Crippen molar-refractivity contribution in [2.75, 3.05) is 0 Å². The zero-order chi connectivity index (χ0) is 11.5. The Balaban J connectivity index is 2.91. The van der Waals surface area contributed by atoms with Crippen molar-refractivity contribution in [2.45, 2.75) is 11.8 Å². The molecule has 1 rings (SSSR count). The molecule has 1 aromatic rings. The number of hydrogen-bond acceptors (Lipinski definition) is 4. The van der Waals surface area contributed by atoms with Crippen molar-refractivity contribution in [3.8, 4) is 0 Å². The Bertz CT molecular complexity index is 474. The van der Waals surface area contributed by atoms with Crippen LogP contribution in [-0.2, 0) is 14.8 Å². The van der Waals surface area contributed by atoms with Gasteiger partial charge in [0, 0.05) is 23.8 Å². The molecule has 82 valence electrons. The van der Waals surface area contributed by atoms with Crippen LogP contribution in [0.25, 0.3) is 0 Å². The van der Waals surface area contributed by atoms with E-state index in [2.05, 4.69) is 20.9 Å². The molecule has 0 unspecified atom stereocenters. The maximum absolute atomic E-state index is 11.5. The highest BCUT2D eigenvalue weighted by atomic mass is 79.9. The van der Waals surface area contributed by atoms with Gasteiger partial charge in [-0.2, -0.15) is 0 Å². The molecule has 0 saturated heterocycles. The normalized spacial score (nSPS) is 11.1. The fourth-order valence-electron chi connectivity index (χ4n) is 0.737. The second-order valence-electron chi connectivity index (χ2n) is 2.63. The van der Waals surface area contributed by atoms with E-state index in [1.165, 1.54) is 25.4 Å². The molecule has 0 aliphatic rings. The standard InChI is InChI=1S/C7H8BrN3O3S/c1-5(12)10-11-15(13,14)7-2-6(8)3-9-4-7/h2-4,11H,1H3,(H,10,12). The fraction of sp³-hybridized carbons (Fsp3) is 0.143. The number of aromatic nitrogens is 1. The van der Waals surface area contributed by atoms with Gasteiger partial charge in [-0.15, -0.1) is 4.83 Å². The van der Waals surface area contributed by atoms with E-state index in [1.54, 1.807) is 0 Å². The van der Waals surface area contributed by atoms with Gasteiger partial charge in [-0.05, 0) is 22.0 Å². The smallest absolute Gasteiger partial charge is 0.258 e. The summed E-state index contributed by atoms with van der Waals surface area (Å²) in [6.07, 6.45) is 2.63. The van der Waals surface area contributed by atoms with Gasteiger partial charge >= 0.3 is 0 Å². The quantitative estimate of drug-likeness (QED) is 0.778. The molecule has 0 fully saturated rings. The Morgan fingerprint density at radius 2 is 2.13 bits per heavy atom. The summed E-state index contributed by atoms with van der Waals surface area (Å²) in [4.78, 5) is 16.1. The SMILES string of the molecule is CC(=O)NNS(=O)(=O)c1cncc(Br)c1. The number of sulfonamides is 1. The lowest BCUT2D eigenvalue weighted by molar-refractivity contribution is -0.119. The van der Waals surface area contributed by atoms with Crippen LogP contribution in [0.15, 0.2) is 27.8 Å². The van der Waals surface area contributed by atoms with Crippen LogP contribution >= 0.6 is 15.9 Å². The molecule has 15 heavy (non-hydrogen) atoms. The maximum atomic E-state index is 11.5. The van der Waals surface area contributed by atoms with Crippen molar-refractivity contribution in [1.29, 1.82) is 0 Å². The molecule has 0 spiro atoms. The van der Waals surface area contributed by atoms with E-state index in [9.17, 15) is 13.2 Å². The van der Waals surface area contributed by atoms with Crippen molar-refractivity contribution in [3.63, 3.8) is 0 Å². The molecule has 1 amide bonds. The van der Waals surface area contributed by atoms with Gasteiger partial charge in [0.2, 0.25) is 5.91 Å². The first-order valence-corrected chi connectivity index (χ1v) is 6.08. The van der Waals surface area contributed by atoms with Crippen LogP contribution < -0.4 is 10.3 Å². The van der Waals surface area contributed by atoms with Crippen molar-refractivity contribution in [1.82, 2.24) is 15.2 Å². The van der Waals surface area contributed by atoms with Crippen molar-refractivity contribution in [3.05, 3.63) is 22.9 Å². The second-order valence-corrected chi connectivity index (χ2v) is 5.22. The molecule has 0 aliphatic heterocycles. The topological polar surface area (TPSA) is 88.2 Å². The van der Waals surface area contributed by atoms with E-state index in [1.807, 2.05) is 10.3 Å². The molecule has 0 saturated carbocycles. The van der Waals surface area contributed by atoms with Crippen LogP contribution in [-0.4, -0.2) is 19.3 Å². The second kappa shape index (κ2) is 4.69. The first-order valence-electron chi connectivity index (χ1n) is 3.81. The third-order valence-corrected chi connectivity index (χ3v) is 3.00. The predicted octanol–water partition coefficient (Wildman–Crippen LogP) is 0.174. The summed E-state index contributed by atoms with van der Waals surface area (Å²) in [7, 11) is -3.75. The summed E-state index contributed by atoms with van der Waals surface area (Å²) in [5.74, 6) is -0.499. The summed E-state index contributed by atoms with van der Waals surface area (Å²) in [5.41, 5.74) is 1.98. The van der Waals surface area contributed by atoms with Gasteiger partial charge in [-0.1, -0.05) is 0 Å². The molecular weight excluding hydrogens is 286 g/mol. The van der Waals surface area contributed by atoms with E-state index >= 15 is 0 Å². The van der Waals surface area contributed by atoms with Gasteiger partial charge in [0.25, 0.3) is 10.0 Å². The number of carbonyl (C=O) groups excluding carboxylic acids is 1. The third-order valence-electron chi connectivity index (χ3n) is 1.35. The number of rotatable bonds is 3. The van der Waals surface area contributed by atoms with E-state index in [-0.39, 0.29) is 4.90 Å².